The predicted octanol–water partition coefficient (Wildman–Crippen LogP) is 0.410. The van der Waals surface area contributed by atoms with Gasteiger partial charge in [-0.05, 0) is 20.3 Å². The molecular formula is C12H24N2O3S. The van der Waals surface area contributed by atoms with Gasteiger partial charge in [0, 0.05) is 31.6 Å². The Kier molecular flexibility index (Phi) is 5.59. The molecule has 1 N–H and O–H groups in total. The quantitative estimate of drug-likeness (QED) is 0.790. The van der Waals surface area contributed by atoms with Gasteiger partial charge >= 0.3 is 0 Å². The van der Waals surface area contributed by atoms with Crippen molar-refractivity contribution in [1.29, 1.82) is 0 Å². The summed E-state index contributed by atoms with van der Waals surface area (Å²) in [6.07, 6.45) is 1.19. The van der Waals surface area contributed by atoms with E-state index in [4.69, 9.17) is 0 Å². The summed E-state index contributed by atoms with van der Waals surface area (Å²) in [5.74, 6) is 0.304. The van der Waals surface area contributed by atoms with Crippen molar-refractivity contribution in [2.45, 2.75) is 45.7 Å². The minimum Gasteiger partial charge on any atom is -0.340 e. The Balaban J connectivity index is 2.58. The highest BCUT2D eigenvalue weighted by atomic mass is 32.2. The molecule has 0 aromatic heterocycles. The van der Waals surface area contributed by atoms with Crippen molar-refractivity contribution in [2.75, 3.05) is 24.6 Å². The summed E-state index contributed by atoms with van der Waals surface area (Å²) in [5, 5.41) is 3.11. The summed E-state index contributed by atoms with van der Waals surface area (Å²) in [4.78, 5) is 14.0. The number of hydrogen-bond donors (Lipinski definition) is 1. The molecule has 2 atom stereocenters. The third kappa shape index (κ3) is 4.24. The van der Waals surface area contributed by atoms with E-state index < -0.39 is 9.84 Å². The fraction of sp³-hybridized carbons (Fsp3) is 0.917. The molecule has 0 aliphatic carbocycles. The van der Waals surface area contributed by atoms with E-state index in [0.717, 1.165) is 6.42 Å². The van der Waals surface area contributed by atoms with Crippen molar-refractivity contribution in [3.63, 3.8) is 0 Å². The number of carbonyl (C=O) groups is 1. The topological polar surface area (TPSA) is 66.5 Å². The molecular weight excluding hydrogens is 252 g/mol. The zero-order valence-corrected chi connectivity index (χ0v) is 12.3. The Morgan fingerprint density at radius 2 is 2.11 bits per heavy atom. The van der Waals surface area contributed by atoms with Crippen LogP contribution in [-0.4, -0.2) is 55.9 Å². The van der Waals surface area contributed by atoms with Crippen LogP contribution in [0.5, 0.6) is 0 Å². The number of hydrogen-bond acceptors (Lipinski definition) is 4. The van der Waals surface area contributed by atoms with Gasteiger partial charge in [-0.2, -0.15) is 0 Å². The smallest absolute Gasteiger partial charge is 0.224 e. The van der Waals surface area contributed by atoms with E-state index >= 15 is 0 Å². The third-order valence-corrected chi connectivity index (χ3v) is 5.24. The van der Waals surface area contributed by atoms with Crippen LogP contribution >= 0.6 is 0 Å². The molecule has 1 rings (SSSR count). The first-order valence-corrected chi connectivity index (χ1v) is 8.45. The third-order valence-electron chi connectivity index (χ3n) is 3.51. The maximum Gasteiger partial charge on any atom is 0.224 e. The van der Waals surface area contributed by atoms with Crippen LogP contribution in [0.3, 0.4) is 0 Å². The van der Waals surface area contributed by atoms with Gasteiger partial charge in [-0.25, -0.2) is 8.42 Å². The highest BCUT2D eigenvalue weighted by Crippen LogP contribution is 2.10. The summed E-state index contributed by atoms with van der Waals surface area (Å²) in [6, 6.07) is -0.0166. The standard InChI is InChI=1S/C12H24N2O3S/c1-4-10(3)14(5-2)12(15)8-11-9-18(16,17)7-6-13-11/h10-11,13H,4-9H2,1-3H3. The van der Waals surface area contributed by atoms with Gasteiger partial charge in [0.1, 0.15) is 0 Å². The number of nitrogens with zero attached hydrogens (tertiary/aromatic N) is 1. The van der Waals surface area contributed by atoms with Crippen molar-refractivity contribution in [1.82, 2.24) is 10.2 Å². The van der Waals surface area contributed by atoms with Gasteiger partial charge in [0.15, 0.2) is 9.84 Å². The molecule has 1 heterocycles. The second kappa shape index (κ2) is 6.52. The largest absolute Gasteiger partial charge is 0.340 e. The molecule has 1 amide bonds. The number of rotatable bonds is 5. The molecule has 0 saturated carbocycles. The Morgan fingerprint density at radius 1 is 1.44 bits per heavy atom. The zero-order chi connectivity index (χ0) is 13.8. The summed E-state index contributed by atoms with van der Waals surface area (Å²) >= 11 is 0. The zero-order valence-electron chi connectivity index (χ0n) is 11.5. The van der Waals surface area contributed by atoms with Crippen LogP contribution in [0.1, 0.15) is 33.6 Å². The van der Waals surface area contributed by atoms with E-state index in [2.05, 4.69) is 5.32 Å². The Labute approximate surface area is 110 Å². The maximum absolute atomic E-state index is 12.1. The molecule has 0 bridgehead atoms. The molecule has 0 aromatic carbocycles. The van der Waals surface area contributed by atoms with Crippen LogP contribution in [0.2, 0.25) is 0 Å². The van der Waals surface area contributed by atoms with Gasteiger partial charge in [0.2, 0.25) is 5.91 Å². The highest BCUT2D eigenvalue weighted by Gasteiger charge is 2.28. The average molecular weight is 276 g/mol. The Morgan fingerprint density at radius 3 is 2.61 bits per heavy atom. The maximum atomic E-state index is 12.1. The van der Waals surface area contributed by atoms with Crippen molar-refractivity contribution in [2.24, 2.45) is 0 Å². The average Bonchev–Trinajstić information content (AvgIpc) is 2.28. The Hall–Kier alpha value is -0.620. The monoisotopic (exact) mass is 276 g/mol. The fourth-order valence-electron chi connectivity index (χ4n) is 2.28. The van der Waals surface area contributed by atoms with Crippen LogP contribution in [-0.2, 0) is 14.6 Å². The summed E-state index contributed by atoms with van der Waals surface area (Å²) in [6.45, 7) is 7.15. The van der Waals surface area contributed by atoms with Gasteiger partial charge in [0.05, 0.1) is 11.5 Å². The minimum absolute atomic E-state index is 0.0430. The molecule has 1 aliphatic rings. The van der Waals surface area contributed by atoms with Crippen molar-refractivity contribution >= 4 is 15.7 Å². The van der Waals surface area contributed by atoms with E-state index in [-0.39, 0.29) is 35.9 Å². The summed E-state index contributed by atoms with van der Waals surface area (Å²) < 4.78 is 23.0. The van der Waals surface area contributed by atoms with E-state index in [1.54, 1.807) is 0 Å². The number of nitrogens with one attached hydrogen (secondary N) is 1. The molecule has 5 nitrogen and oxygen atoms in total. The SMILES string of the molecule is CCC(C)N(CC)C(=O)CC1CS(=O)(=O)CCN1. The van der Waals surface area contributed by atoms with Gasteiger partial charge in [-0.1, -0.05) is 6.92 Å². The predicted molar refractivity (Wildman–Crippen MR) is 72.2 cm³/mol. The molecule has 1 fully saturated rings. The number of carbonyl (C=O) groups excluding carboxylic acids is 1. The number of sulfone groups is 1. The van der Waals surface area contributed by atoms with Gasteiger partial charge in [0.25, 0.3) is 0 Å². The fourth-order valence-corrected chi connectivity index (χ4v) is 3.72. The molecule has 1 aliphatic heterocycles. The molecule has 2 unspecified atom stereocenters. The lowest BCUT2D eigenvalue weighted by Gasteiger charge is -2.30. The lowest BCUT2D eigenvalue weighted by molar-refractivity contribution is -0.133. The van der Waals surface area contributed by atoms with E-state index in [0.29, 0.717) is 13.1 Å². The van der Waals surface area contributed by atoms with E-state index in [9.17, 15) is 13.2 Å². The van der Waals surface area contributed by atoms with Crippen LogP contribution in [0, 0.1) is 0 Å². The first kappa shape index (κ1) is 15.4. The normalized spacial score (nSPS) is 24.5. The molecule has 106 valence electrons. The molecule has 6 heteroatoms. The molecule has 0 aromatic rings. The van der Waals surface area contributed by atoms with Crippen molar-refractivity contribution < 1.29 is 13.2 Å². The Bertz CT molecular complexity index is 381. The highest BCUT2D eigenvalue weighted by molar-refractivity contribution is 7.91. The number of amides is 1. The van der Waals surface area contributed by atoms with Crippen molar-refractivity contribution in [3.05, 3.63) is 0 Å². The molecule has 0 radical (unpaired) electrons. The van der Waals surface area contributed by atoms with Gasteiger partial charge in [-0.15, -0.1) is 0 Å². The summed E-state index contributed by atoms with van der Waals surface area (Å²) in [5.41, 5.74) is 0. The second-order valence-corrected chi connectivity index (χ2v) is 7.14. The van der Waals surface area contributed by atoms with Crippen LogP contribution in [0.4, 0.5) is 0 Å². The first-order valence-electron chi connectivity index (χ1n) is 6.62. The van der Waals surface area contributed by atoms with Crippen LogP contribution in [0.15, 0.2) is 0 Å². The molecule has 18 heavy (non-hydrogen) atoms. The second-order valence-electron chi connectivity index (χ2n) is 4.91. The molecule has 1 saturated heterocycles. The lowest BCUT2D eigenvalue weighted by atomic mass is 10.1. The van der Waals surface area contributed by atoms with Crippen molar-refractivity contribution in [3.8, 4) is 0 Å². The molecule has 0 spiro atoms. The van der Waals surface area contributed by atoms with Crippen LogP contribution in [0.25, 0.3) is 0 Å². The minimum atomic E-state index is -2.97. The first-order chi connectivity index (χ1) is 8.39. The van der Waals surface area contributed by atoms with Gasteiger partial charge < -0.3 is 10.2 Å². The lowest BCUT2D eigenvalue weighted by Crippen LogP contribution is -2.49. The van der Waals surface area contributed by atoms with E-state index in [1.165, 1.54) is 0 Å². The summed E-state index contributed by atoms with van der Waals surface area (Å²) in [7, 11) is -2.97. The van der Waals surface area contributed by atoms with E-state index in [1.807, 2.05) is 25.7 Å². The van der Waals surface area contributed by atoms with Gasteiger partial charge in [-0.3, -0.25) is 4.79 Å². The van der Waals surface area contributed by atoms with Crippen LogP contribution < -0.4 is 5.32 Å².